The maximum atomic E-state index is 4.22. The van der Waals surface area contributed by atoms with Gasteiger partial charge in [-0.05, 0) is 41.4 Å². The maximum absolute atomic E-state index is 4.22. The minimum atomic E-state index is 0.815. The normalized spacial score (nSPS) is 10.4. The summed E-state index contributed by atoms with van der Waals surface area (Å²) in [6.07, 6.45) is 1.57. The van der Waals surface area contributed by atoms with Crippen LogP contribution in [0, 0.1) is 13.8 Å². The molecule has 0 aliphatic heterocycles. The molecule has 0 unspecified atom stereocenters. The van der Waals surface area contributed by atoms with Crippen molar-refractivity contribution in [3.05, 3.63) is 46.3 Å². The van der Waals surface area contributed by atoms with Crippen molar-refractivity contribution < 1.29 is 0 Å². The van der Waals surface area contributed by atoms with Gasteiger partial charge >= 0.3 is 0 Å². The first-order chi connectivity index (χ1) is 7.65. The molecule has 2 rings (SSSR count). The summed E-state index contributed by atoms with van der Waals surface area (Å²) in [6.45, 7) is 4.22. The van der Waals surface area contributed by atoms with Crippen LogP contribution in [-0.2, 0) is 0 Å². The Balaban J connectivity index is 2.27. The molecule has 0 radical (unpaired) electrons. The summed E-state index contributed by atoms with van der Waals surface area (Å²) in [5.74, 6) is 0. The van der Waals surface area contributed by atoms with Crippen LogP contribution in [0.3, 0.4) is 0 Å². The molecule has 0 bridgehead atoms. The third kappa shape index (κ3) is 2.83. The highest BCUT2D eigenvalue weighted by molar-refractivity contribution is 9.10. The first kappa shape index (κ1) is 11.6. The van der Waals surface area contributed by atoms with E-state index in [9.17, 15) is 0 Å². The average Bonchev–Trinajstić information content (AvgIpc) is 2.22. The molecule has 82 valence electrons. The molecule has 0 saturated carbocycles. The molecule has 0 amide bonds. The van der Waals surface area contributed by atoms with Crippen molar-refractivity contribution in [2.24, 2.45) is 0 Å². The highest BCUT2D eigenvalue weighted by Crippen LogP contribution is 2.29. The lowest BCUT2D eigenvalue weighted by Crippen LogP contribution is -1.85. The van der Waals surface area contributed by atoms with E-state index < -0.39 is 0 Å². The van der Waals surface area contributed by atoms with E-state index in [2.05, 4.69) is 57.9 Å². The molecule has 0 N–H and O–H groups in total. The lowest BCUT2D eigenvalue weighted by atomic mass is 10.2. The van der Waals surface area contributed by atoms with Crippen LogP contribution in [-0.4, -0.2) is 9.97 Å². The van der Waals surface area contributed by atoms with E-state index in [1.54, 1.807) is 18.1 Å². The predicted octanol–water partition coefficient (Wildman–Crippen LogP) is 4.01. The van der Waals surface area contributed by atoms with Gasteiger partial charge < -0.3 is 0 Å². The summed E-state index contributed by atoms with van der Waals surface area (Å²) >= 11 is 5.00. The summed E-state index contributed by atoms with van der Waals surface area (Å²) in [5.41, 5.74) is 2.56. The van der Waals surface area contributed by atoms with Gasteiger partial charge in [0.1, 0.15) is 16.0 Å². The van der Waals surface area contributed by atoms with Gasteiger partial charge in [0, 0.05) is 11.0 Å². The number of aryl methyl sites for hydroxylation is 2. The fourth-order valence-electron chi connectivity index (χ4n) is 1.40. The topological polar surface area (TPSA) is 25.8 Å². The number of aromatic nitrogens is 2. The fraction of sp³-hybridized carbons (Fsp3) is 0.167. The van der Waals surface area contributed by atoms with E-state index in [1.807, 2.05) is 6.07 Å². The van der Waals surface area contributed by atoms with Gasteiger partial charge in [-0.2, -0.15) is 0 Å². The monoisotopic (exact) mass is 294 g/mol. The zero-order valence-electron chi connectivity index (χ0n) is 9.07. The summed E-state index contributed by atoms with van der Waals surface area (Å²) in [5, 5.41) is 0.953. The molecule has 2 aromatic rings. The van der Waals surface area contributed by atoms with Gasteiger partial charge in [-0.15, -0.1) is 0 Å². The second-order valence-corrected chi connectivity index (χ2v) is 5.42. The predicted molar refractivity (Wildman–Crippen MR) is 69.8 cm³/mol. The highest BCUT2D eigenvalue weighted by atomic mass is 79.9. The minimum absolute atomic E-state index is 0.815. The van der Waals surface area contributed by atoms with Crippen LogP contribution in [0.5, 0.6) is 0 Å². The molecular formula is C12H11BrN2S. The van der Waals surface area contributed by atoms with Gasteiger partial charge in [-0.1, -0.05) is 29.5 Å². The summed E-state index contributed by atoms with van der Waals surface area (Å²) in [7, 11) is 0. The molecule has 0 aliphatic rings. The summed E-state index contributed by atoms with van der Waals surface area (Å²) in [4.78, 5) is 9.46. The molecule has 0 spiro atoms. The Hall–Kier alpha value is -0.870. The molecule has 1 aromatic carbocycles. The fourth-order valence-corrected chi connectivity index (χ4v) is 2.71. The van der Waals surface area contributed by atoms with E-state index in [0.717, 1.165) is 9.63 Å². The zero-order valence-corrected chi connectivity index (χ0v) is 11.5. The van der Waals surface area contributed by atoms with Crippen molar-refractivity contribution in [2.45, 2.75) is 23.8 Å². The molecule has 16 heavy (non-hydrogen) atoms. The highest BCUT2D eigenvalue weighted by Gasteiger charge is 2.03. The molecule has 1 aromatic heterocycles. The Kier molecular flexibility index (Phi) is 3.61. The van der Waals surface area contributed by atoms with Crippen LogP contribution >= 0.6 is 27.7 Å². The van der Waals surface area contributed by atoms with Crippen LogP contribution < -0.4 is 0 Å². The number of hydrogen-bond donors (Lipinski definition) is 0. The third-order valence-electron chi connectivity index (χ3n) is 2.15. The number of benzene rings is 1. The number of halogens is 1. The van der Waals surface area contributed by atoms with E-state index in [4.69, 9.17) is 0 Å². The van der Waals surface area contributed by atoms with E-state index in [0.29, 0.717) is 0 Å². The van der Waals surface area contributed by atoms with Crippen molar-refractivity contribution in [3.63, 3.8) is 0 Å². The quantitative estimate of drug-likeness (QED) is 0.783. The lowest BCUT2D eigenvalue weighted by Gasteiger charge is -2.05. The van der Waals surface area contributed by atoms with Crippen molar-refractivity contribution in [3.8, 4) is 0 Å². The average molecular weight is 295 g/mol. The smallest absolute Gasteiger partial charge is 0.118 e. The van der Waals surface area contributed by atoms with Crippen molar-refractivity contribution in [2.75, 3.05) is 0 Å². The number of nitrogens with zero attached hydrogens (tertiary/aromatic N) is 2. The molecule has 1 heterocycles. The third-order valence-corrected chi connectivity index (χ3v) is 3.70. The van der Waals surface area contributed by atoms with Crippen LogP contribution in [0.25, 0.3) is 0 Å². The number of rotatable bonds is 2. The van der Waals surface area contributed by atoms with Crippen LogP contribution in [0.2, 0.25) is 0 Å². The van der Waals surface area contributed by atoms with Gasteiger partial charge in [-0.25, -0.2) is 9.97 Å². The summed E-state index contributed by atoms with van der Waals surface area (Å²) < 4.78 is 0.815. The van der Waals surface area contributed by atoms with Crippen LogP contribution in [0.4, 0.5) is 0 Å². The Morgan fingerprint density at radius 2 is 1.94 bits per heavy atom. The standard InChI is InChI=1S/C12H11BrN2S/c1-8-3-4-10(9(2)5-8)16-12-6-11(13)14-7-15-12/h3-7H,1-2H3. The van der Waals surface area contributed by atoms with Crippen molar-refractivity contribution >= 4 is 27.7 Å². The van der Waals surface area contributed by atoms with Crippen LogP contribution in [0.1, 0.15) is 11.1 Å². The van der Waals surface area contributed by atoms with Gasteiger partial charge in [0.2, 0.25) is 0 Å². The minimum Gasteiger partial charge on any atom is -0.230 e. The Labute approximate surface area is 108 Å². The van der Waals surface area contributed by atoms with Crippen LogP contribution in [0.15, 0.2) is 45.1 Å². The molecular weight excluding hydrogens is 284 g/mol. The molecule has 0 saturated heterocycles. The largest absolute Gasteiger partial charge is 0.230 e. The van der Waals surface area contributed by atoms with Crippen molar-refractivity contribution in [1.82, 2.24) is 9.97 Å². The second-order valence-electron chi connectivity index (χ2n) is 3.55. The molecule has 2 nitrogen and oxygen atoms in total. The summed E-state index contributed by atoms with van der Waals surface area (Å²) in [6, 6.07) is 8.35. The lowest BCUT2D eigenvalue weighted by molar-refractivity contribution is 1.03. The van der Waals surface area contributed by atoms with Crippen molar-refractivity contribution in [1.29, 1.82) is 0 Å². The van der Waals surface area contributed by atoms with E-state index >= 15 is 0 Å². The Morgan fingerprint density at radius 3 is 2.62 bits per heavy atom. The van der Waals surface area contributed by atoms with Gasteiger partial charge in [-0.3, -0.25) is 0 Å². The second kappa shape index (κ2) is 4.97. The number of hydrogen-bond acceptors (Lipinski definition) is 3. The molecule has 4 heteroatoms. The molecule has 0 aliphatic carbocycles. The van der Waals surface area contributed by atoms with Gasteiger partial charge in [0.05, 0.1) is 0 Å². The van der Waals surface area contributed by atoms with Gasteiger partial charge in [0.25, 0.3) is 0 Å². The molecule has 0 atom stereocenters. The van der Waals surface area contributed by atoms with Gasteiger partial charge in [0.15, 0.2) is 0 Å². The Morgan fingerprint density at radius 1 is 1.12 bits per heavy atom. The SMILES string of the molecule is Cc1ccc(Sc2cc(Br)ncn2)c(C)c1. The molecule has 0 fully saturated rings. The zero-order chi connectivity index (χ0) is 11.5. The first-order valence-electron chi connectivity index (χ1n) is 4.88. The maximum Gasteiger partial charge on any atom is 0.118 e. The Bertz CT molecular complexity index is 514. The van der Waals surface area contributed by atoms with E-state index in [-0.39, 0.29) is 0 Å². The first-order valence-corrected chi connectivity index (χ1v) is 6.49. The van der Waals surface area contributed by atoms with E-state index in [1.165, 1.54) is 16.0 Å².